The Morgan fingerprint density at radius 2 is 1.76 bits per heavy atom. The van der Waals surface area contributed by atoms with Crippen LogP contribution >= 0.6 is 0 Å². The third kappa shape index (κ3) is 4.46. The lowest BCUT2D eigenvalue weighted by molar-refractivity contribution is 0.0940. The van der Waals surface area contributed by atoms with Crippen LogP contribution in [0.4, 0.5) is 4.39 Å². The summed E-state index contributed by atoms with van der Waals surface area (Å²) in [6.45, 7) is 2.48. The van der Waals surface area contributed by atoms with Crippen LogP contribution in [0.3, 0.4) is 0 Å². The first kappa shape index (κ1) is 20.8. The number of amidine groups is 1. The largest absolute Gasteiger partial charge is 0.360 e. The topological polar surface area (TPSA) is 66.4 Å². The molecule has 1 unspecified atom stereocenters. The van der Waals surface area contributed by atoms with Gasteiger partial charge in [-0.05, 0) is 53.8 Å². The van der Waals surface area contributed by atoms with E-state index in [1.807, 2.05) is 61.7 Å². The molecule has 0 saturated heterocycles. The average Bonchev–Trinajstić information content (AvgIpc) is 3.34. The third-order valence-electron chi connectivity index (χ3n) is 5.91. The predicted octanol–water partition coefficient (Wildman–Crippen LogP) is 4.96. The first-order valence-corrected chi connectivity index (χ1v) is 10.9. The second-order valence-corrected chi connectivity index (χ2v) is 8.17. The van der Waals surface area contributed by atoms with Gasteiger partial charge in [-0.25, -0.2) is 4.39 Å². The smallest absolute Gasteiger partial charge is 0.251 e. The molecule has 5 rings (SSSR count). The lowest BCUT2D eigenvalue weighted by atomic mass is 10.0. The van der Waals surface area contributed by atoms with Crippen molar-refractivity contribution < 1.29 is 9.18 Å². The molecule has 164 valence electrons. The van der Waals surface area contributed by atoms with Crippen LogP contribution in [0.5, 0.6) is 0 Å². The highest BCUT2D eigenvalue weighted by Gasteiger charge is 2.21. The first-order chi connectivity index (χ1) is 16.1. The highest BCUT2D eigenvalue weighted by Crippen LogP contribution is 2.22. The van der Waals surface area contributed by atoms with Crippen molar-refractivity contribution in [3.8, 4) is 0 Å². The Morgan fingerprint density at radius 1 is 1.03 bits per heavy atom. The van der Waals surface area contributed by atoms with E-state index in [2.05, 4.69) is 26.7 Å². The summed E-state index contributed by atoms with van der Waals surface area (Å²) in [6.07, 6.45) is 1.86. The van der Waals surface area contributed by atoms with E-state index in [1.165, 1.54) is 12.1 Å². The molecule has 2 heterocycles. The Hall–Kier alpha value is -4.06. The second-order valence-electron chi connectivity index (χ2n) is 8.17. The maximum absolute atomic E-state index is 13.1. The number of rotatable bonds is 5. The molecule has 0 bridgehead atoms. The van der Waals surface area contributed by atoms with Crippen LogP contribution in [-0.4, -0.2) is 23.3 Å². The van der Waals surface area contributed by atoms with Gasteiger partial charge in [0, 0.05) is 17.1 Å². The summed E-state index contributed by atoms with van der Waals surface area (Å²) in [6, 6.07) is 23.6. The van der Waals surface area contributed by atoms with Crippen molar-refractivity contribution in [1.82, 2.24) is 15.6 Å². The molecule has 33 heavy (non-hydrogen) atoms. The van der Waals surface area contributed by atoms with Crippen LogP contribution in [-0.2, 0) is 0 Å². The van der Waals surface area contributed by atoms with Crippen LogP contribution in [0.15, 0.2) is 90.1 Å². The number of pyridine rings is 1. The molecule has 1 aromatic heterocycles. The maximum atomic E-state index is 13.1. The standard InChI is InChI=1S/C27H23FN4O/c1-17(18-10-12-23(28)13-11-18)31-27(33)20-8-6-19(7-9-20)25-16-30-26(32-25)24-14-21-4-2-3-5-22(21)15-29-24/h2-15,17,25H,16H2,1H3,(H,30,32)(H,31,33)/t17-,25?/m1/s1. The Labute approximate surface area is 191 Å². The molecule has 0 radical (unpaired) electrons. The van der Waals surface area contributed by atoms with E-state index in [0.717, 1.165) is 33.4 Å². The minimum atomic E-state index is -0.295. The number of hydrogen-bond donors (Lipinski definition) is 2. The van der Waals surface area contributed by atoms with Gasteiger partial charge in [0.2, 0.25) is 0 Å². The van der Waals surface area contributed by atoms with Crippen LogP contribution in [0.2, 0.25) is 0 Å². The normalized spacial score (nSPS) is 16.2. The molecule has 1 amide bonds. The lowest BCUT2D eigenvalue weighted by Crippen LogP contribution is -2.27. The zero-order valence-electron chi connectivity index (χ0n) is 18.1. The summed E-state index contributed by atoms with van der Waals surface area (Å²) in [5.41, 5.74) is 3.30. The first-order valence-electron chi connectivity index (χ1n) is 10.9. The minimum Gasteiger partial charge on any atom is -0.360 e. The molecule has 2 N–H and O–H groups in total. The monoisotopic (exact) mass is 438 g/mol. The molecular weight excluding hydrogens is 415 g/mol. The number of aromatic nitrogens is 1. The van der Waals surface area contributed by atoms with Crippen LogP contribution < -0.4 is 10.6 Å². The Balaban J connectivity index is 1.23. The van der Waals surface area contributed by atoms with Crippen molar-refractivity contribution in [1.29, 1.82) is 0 Å². The molecule has 5 nitrogen and oxygen atoms in total. The Kier molecular flexibility index (Phi) is 5.57. The molecule has 6 heteroatoms. The number of fused-ring (bicyclic) bond motifs is 1. The molecule has 0 saturated carbocycles. The van der Waals surface area contributed by atoms with Gasteiger partial charge in [0.15, 0.2) is 0 Å². The van der Waals surface area contributed by atoms with Crippen LogP contribution in [0.25, 0.3) is 10.8 Å². The van der Waals surface area contributed by atoms with E-state index in [4.69, 9.17) is 0 Å². The van der Waals surface area contributed by atoms with E-state index in [-0.39, 0.29) is 23.8 Å². The summed E-state index contributed by atoms with van der Waals surface area (Å²) in [4.78, 5) is 21.8. The number of halogens is 1. The van der Waals surface area contributed by atoms with Crippen molar-refractivity contribution in [2.45, 2.75) is 19.0 Å². The summed E-state index contributed by atoms with van der Waals surface area (Å²) in [5.74, 6) is 0.313. The fourth-order valence-corrected chi connectivity index (χ4v) is 3.98. The maximum Gasteiger partial charge on any atom is 0.251 e. The van der Waals surface area contributed by atoms with Gasteiger partial charge in [-0.2, -0.15) is 0 Å². The molecule has 0 aliphatic carbocycles. The average molecular weight is 439 g/mol. The number of carbonyl (C=O) groups excluding carboxylic acids is 1. The van der Waals surface area contributed by atoms with Crippen molar-refractivity contribution in [2.75, 3.05) is 6.54 Å². The number of nitrogens with zero attached hydrogens (tertiary/aromatic N) is 2. The van der Waals surface area contributed by atoms with Gasteiger partial charge in [-0.3, -0.25) is 14.8 Å². The number of carbonyl (C=O) groups is 1. The fourth-order valence-electron chi connectivity index (χ4n) is 3.98. The molecule has 0 spiro atoms. The van der Waals surface area contributed by atoms with E-state index in [1.54, 1.807) is 12.1 Å². The zero-order valence-corrected chi connectivity index (χ0v) is 18.1. The van der Waals surface area contributed by atoms with Gasteiger partial charge in [0.05, 0.1) is 18.6 Å². The number of amides is 1. The van der Waals surface area contributed by atoms with Gasteiger partial charge >= 0.3 is 0 Å². The highest BCUT2D eigenvalue weighted by molar-refractivity contribution is 6.01. The number of hydrogen-bond acceptors (Lipinski definition) is 4. The molecule has 4 aromatic rings. The van der Waals surface area contributed by atoms with E-state index >= 15 is 0 Å². The van der Waals surface area contributed by atoms with Gasteiger partial charge < -0.3 is 10.6 Å². The Morgan fingerprint density at radius 3 is 2.52 bits per heavy atom. The SMILES string of the molecule is C[C@@H](NC(=O)c1ccc(C2CN=C(c3cc4ccccc4cn3)N2)cc1)c1ccc(F)cc1. The second kappa shape index (κ2) is 8.82. The van der Waals surface area contributed by atoms with E-state index < -0.39 is 0 Å². The molecule has 2 atom stereocenters. The number of aliphatic imine (C=N–C) groups is 1. The summed E-state index contributed by atoms with van der Waals surface area (Å²) < 4.78 is 13.1. The zero-order chi connectivity index (χ0) is 22.8. The molecule has 0 fully saturated rings. The van der Waals surface area contributed by atoms with Crippen molar-refractivity contribution in [3.63, 3.8) is 0 Å². The molecule has 3 aromatic carbocycles. The van der Waals surface area contributed by atoms with Crippen molar-refractivity contribution in [2.24, 2.45) is 4.99 Å². The van der Waals surface area contributed by atoms with E-state index in [9.17, 15) is 9.18 Å². The summed E-state index contributed by atoms with van der Waals surface area (Å²) >= 11 is 0. The molecule has 1 aliphatic rings. The number of benzene rings is 3. The molecular formula is C27H23FN4O. The quantitative estimate of drug-likeness (QED) is 0.463. The van der Waals surface area contributed by atoms with Gasteiger partial charge in [0.1, 0.15) is 17.3 Å². The van der Waals surface area contributed by atoms with E-state index in [0.29, 0.717) is 12.1 Å². The molecule has 1 aliphatic heterocycles. The Bertz CT molecular complexity index is 1330. The summed E-state index contributed by atoms with van der Waals surface area (Å²) in [5, 5.41) is 8.63. The minimum absolute atomic E-state index is 0.0310. The van der Waals surface area contributed by atoms with Crippen LogP contribution in [0, 0.1) is 5.82 Å². The third-order valence-corrected chi connectivity index (χ3v) is 5.91. The van der Waals surface area contributed by atoms with Crippen LogP contribution in [0.1, 0.15) is 46.2 Å². The van der Waals surface area contributed by atoms with Gasteiger partial charge in [0.25, 0.3) is 5.91 Å². The predicted molar refractivity (Wildman–Crippen MR) is 128 cm³/mol. The van der Waals surface area contributed by atoms with Gasteiger partial charge in [-0.15, -0.1) is 0 Å². The van der Waals surface area contributed by atoms with Gasteiger partial charge in [-0.1, -0.05) is 48.5 Å². The van der Waals surface area contributed by atoms with Crippen molar-refractivity contribution >= 4 is 22.5 Å². The van der Waals surface area contributed by atoms with Crippen molar-refractivity contribution in [3.05, 3.63) is 113 Å². The summed E-state index contributed by atoms with van der Waals surface area (Å²) in [7, 11) is 0. The highest BCUT2D eigenvalue weighted by atomic mass is 19.1. The lowest BCUT2D eigenvalue weighted by Gasteiger charge is -2.16. The number of nitrogens with one attached hydrogen (secondary N) is 2. The fraction of sp³-hybridized carbons (Fsp3) is 0.148.